The molecule has 0 aliphatic carbocycles. The van der Waals surface area contributed by atoms with Gasteiger partial charge in [0.25, 0.3) is 0 Å². The maximum atomic E-state index is 18.3. The van der Waals surface area contributed by atoms with Gasteiger partial charge in [0.05, 0.1) is 36.5 Å². The summed E-state index contributed by atoms with van der Waals surface area (Å²) in [6, 6.07) is 47.2. The maximum absolute atomic E-state index is 18.3. The number of hydrogen-bond donors (Lipinski definition) is 0. The Balaban J connectivity index is 1.15. The molecule has 0 atom stereocenters. The second kappa shape index (κ2) is 21.1. The van der Waals surface area contributed by atoms with Gasteiger partial charge >= 0.3 is 0 Å². The number of nitrogens with zero attached hydrogens (tertiary/aromatic N) is 2. The van der Waals surface area contributed by atoms with Crippen LogP contribution in [0.2, 0.25) is 0 Å². The SMILES string of the molecule is [2H]c1c([2H])c([2H])c(N(c2cc(-c3ccc(C(C)(C)C)cc3)c(-c3ccc(C(C)(C)C)cc3)cc2F)c2ccc3ccc4c(N(c5cc(-c6ccc(C(C)(C)C)cc6)c(-c6ccc(C(C)(C)C)cc6)cc5F)c5c([2H])c([2H])c([2H])c([2H])c5[2H])ccc5ccc2c3c54)c([2H])c1[2H]. The van der Waals surface area contributed by atoms with Gasteiger partial charge in [-0.2, -0.15) is 0 Å². The van der Waals surface area contributed by atoms with Gasteiger partial charge in [-0.05, 0) is 171 Å². The van der Waals surface area contributed by atoms with Crippen molar-refractivity contribution in [2.45, 2.75) is 105 Å². The highest BCUT2D eigenvalue weighted by atomic mass is 19.1. The van der Waals surface area contributed by atoms with Gasteiger partial charge in [0.2, 0.25) is 0 Å². The van der Waals surface area contributed by atoms with Crippen LogP contribution in [0.1, 0.15) is 119 Å². The molecule has 12 rings (SSSR count). The van der Waals surface area contributed by atoms with Crippen LogP contribution in [0.4, 0.5) is 42.9 Å². The monoisotopic (exact) mass is 1110 g/mol. The zero-order valence-corrected chi connectivity index (χ0v) is 49.8. The number of benzene rings is 12. The van der Waals surface area contributed by atoms with Gasteiger partial charge in [-0.15, -0.1) is 0 Å². The summed E-state index contributed by atoms with van der Waals surface area (Å²) in [5, 5.41) is 3.59. The molecule has 0 spiro atoms. The van der Waals surface area contributed by atoms with Gasteiger partial charge in [0.1, 0.15) is 11.6 Å². The van der Waals surface area contributed by atoms with Crippen molar-refractivity contribution in [3.63, 3.8) is 0 Å². The molecule has 84 heavy (non-hydrogen) atoms. The van der Waals surface area contributed by atoms with Gasteiger partial charge in [0.15, 0.2) is 0 Å². The lowest BCUT2D eigenvalue weighted by Crippen LogP contribution is -2.14. The average molecular weight is 1110 g/mol. The first-order valence-corrected chi connectivity index (χ1v) is 28.7. The molecular weight excluding hydrogens is 1030 g/mol. The third kappa shape index (κ3) is 10.4. The van der Waals surface area contributed by atoms with Crippen LogP contribution in [0, 0.1) is 11.6 Å². The molecule has 0 bridgehead atoms. The van der Waals surface area contributed by atoms with Gasteiger partial charge < -0.3 is 9.80 Å². The van der Waals surface area contributed by atoms with Crippen LogP contribution in [0.25, 0.3) is 76.8 Å². The fourth-order valence-electron chi connectivity index (χ4n) is 11.6. The molecule has 0 fully saturated rings. The lowest BCUT2D eigenvalue weighted by molar-refractivity contribution is 0.590. The predicted octanol–water partition coefficient (Wildman–Crippen LogP) is 23.7. The Morgan fingerprint density at radius 1 is 0.298 bits per heavy atom. The van der Waals surface area contributed by atoms with Crippen molar-refractivity contribution in [3.05, 3.63) is 264 Å². The zero-order valence-electron chi connectivity index (χ0n) is 59.8. The van der Waals surface area contributed by atoms with Crippen molar-refractivity contribution in [1.82, 2.24) is 0 Å². The number of rotatable bonds is 10. The van der Waals surface area contributed by atoms with E-state index in [1.54, 1.807) is 24.3 Å². The summed E-state index contributed by atoms with van der Waals surface area (Å²) in [7, 11) is 0. The molecule has 0 heterocycles. The standard InChI is InChI=1S/C80H74F2N2/c1-77(2,3)57-35-23-51(24-36-57)65-47-69(81)73(49-67(65)53-27-39-59(40-28-53)79(7,8)9)83(61-19-15-13-16-20-61)71-45-33-55-32-44-64-72(46-34-56-31-43-63(71)75(55)76(56)64)84(62-21-17-14-18-22-62)74-50-68(54-29-41-60(42-30-54)80(10,11)12)66(48-70(74)82)52-25-37-58(38-26-52)78(4,5)6/h13-50H,1-12H3/i13D,14D,15D,16D,17D,18D,19D,20D,21D,22D. The van der Waals surface area contributed by atoms with Crippen molar-refractivity contribution in [2.24, 2.45) is 0 Å². The molecule has 418 valence electrons. The minimum Gasteiger partial charge on any atom is -0.307 e. The van der Waals surface area contributed by atoms with Crippen LogP contribution in [0.5, 0.6) is 0 Å². The van der Waals surface area contributed by atoms with Crippen LogP contribution in [-0.2, 0) is 21.7 Å². The summed E-state index contributed by atoms with van der Waals surface area (Å²) >= 11 is 0. The molecule has 0 radical (unpaired) electrons. The highest BCUT2D eigenvalue weighted by Crippen LogP contribution is 2.51. The first-order valence-electron chi connectivity index (χ1n) is 33.7. The first kappa shape index (κ1) is 44.7. The van der Waals surface area contributed by atoms with Gasteiger partial charge in [-0.3, -0.25) is 0 Å². The zero-order chi connectivity index (χ0) is 67.7. The Morgan fingerprint density at radius 3 is 0.833 bits per heavy atom. The van der Waals surface area contributed by atoms with Crippen LogP contribution in [0.3, 0.4) is 0 Å². The summed E-state index contributed by atoms with van der Waals surface area (Å²) in [5.41, 5.74) is 8.77. The summed E-state index contributed by atoms with van der Waals surface area (Å²) in [4.78, 5) is 2.84. The third-order valence-electron chi connectivity index (χ3n) is 16.4. The van der Waals surface area contributed by atoms with E-state index >= 15 is 8.78 Å². The van der Waals surface area contributed by atoms with Gasteiger partial charge in [0, 0.05) is 22.1 Å². The molecular formula is C80H74F2N2. The molecule has 0 saturated carbocycles. The lowest BCUT2D eigenvalue weighted by atomic mass is 9.84. The van der Waals surface area contributed by atoms with Gasteiger partial charge in [-0.25, -0.2) is 8.78 Å². The summed E-state index contributed by atoms with van der Waals surface area (Å²) < 4.78 is 129. The van der Waals surface area contributed by atoms with Crippen molar-refractivity contribution >= 4 is 66.4 Å². The Labute approximate surface area is 510 Å². The Morgan fingerprint density at radius 2 is 0.560 bits per heavy atom. The second-order valence-electron chi connectivity index (χ2n) is 26.2. The maximum Gasteiger partial charge on any atom is 0.147 e. The molecule has 0 N–H and O–H groups in total. The number of para-hydroxylation sites is 2. The van der Waals surface area contributed by atoms with Crippen molar-refractivity contribution in [3.8, 4) is 44.5 Å². The van der Waals surface area contributed by atoms with E-state index < -0.39 is 72.1 Å². The first-order chi connectivity index (χ1) is 44.1. The quantitative estimate of drug-likeness (QED) is 0.126. The predicted molar refractivity (Wildman–Crippen MR) is 356 cm³/mol. The molecule has 4 heteroatoms. The normalized spacial score (nSPS) is 14.1. The van der Waals surface area contributed by atoms with E-state index in [1.807, 2.05) is 133 Å². The smallest absolute Gasteiger partial charge is 0.147 e. The summed E-state index contributed by atoms with van der Waals surface area (Å²) in [6.45, 7) is 25.5. The average Bonchev–Trinajstić information content (AvgIpc) is 0.715. The number of anilines is 6. The summed E-state index contributed by atoms with van der Waals surface area (Å²) in [5.74, 6) is -1.48. The highest BCUT2D eigenvalue weighted by molar-refractivity contribution is 6.28. The fraction of sp³-hybridized carbons (Fsp3) is 0.200. The highest BCUT2D eigenvalue weighted by Gasteiger charge is 2.28. The van der Waals surface area contributed by atoms with E-state index in [0.29, 0.717) is 54.6 Å². The molecule has 12 aromatic rings. The summed E-state index contributed by atoms with van der Waals surface area (Å²) in [6.07, 6.45) is 0. The molecule has 12 aromatic carbocycles. The third-order valence-corrected chi connectivity index (χ3v) is 16.4. The van der Waals surface area contributed by atoms with Crippen LogP contribution in [-0.4, -0.2) is 0 Å². The van der Waals surface area contributed by atoms with Crippen molar-refractivity contribution in [2.75, 3.05) is 9.80 Å². The van der Waals surface area contributed by atoms with Gasteiger partial charge in [-0.1, -0.05) is 253 Å². The molecule has 0 aromatic heterocycles. The van der Waals surface area contributed by atoms with Crippen molar-refractivity contribution in [1.29, 1.82) is 0 Å². The largest absolute Gasteiger partial charge is 0.307 e. The van der Waals surface area contributed by atoms with Crippen LogP contribution in [0.15, 0.2) is 230 Å². The van der Waals surface area contributed by atoms with E-state index in [9.17, 15) is 5.48 Å². The topological polar surface area (TPSA) is 6.48 Å². The Hall–Kier alpha value is -8.86. The van der Waals surface area contributed by atoms with Crippen LogP contribution >= 0.6 is 0 Å². The van der Waals surface area contributed by atoms with E-state index in [0.717, 1.165) is 44.5 Å². The number of hydrogen-bond acceptors (Lipinski definition) is 2. The second-order valence-corrected chi connectivity index (χ2v) is 26.2. The van der Waals surface area contributed by atoms with E-state index in [-0.39, 0.29) is 55.8 Å². The minimum atomic E-state index is -0.738. The molecule has 0 aliphatic heterocycles. The minimum absolute atomic E-state index is 0.0977. The van der Waals surface area contributed by atoms with E-state index in [2.05, 4.69) is 83.1 Å². The Bertz CT molecular complexity index is 4630. The number of halogens is 2. The van der Waals surface area contributed by atoms with E-state index in [1.165, 1.54) is 21.9 Å². The molecule has 0 saturated heterocycles. The van der Waals surface area contributed by atoms with Crippen LogP contribution < -0.4 is 9.80 Å². The molecule has 0 unspecified atom stereocenters. The molecule has 2 nitrogen and oxygen atoms in total. The molecule has 0 amide bonds. The fourth-order valence-corrected chi connectivity index (χ4v) is 11.6. The molecule has 0 aliphatic rings. The lowest BCUT2D eigenvalue weighted by Gasteiger charge is -2.30. The Kier molecular flexibility index (Phi) is 11.2. The van der Waals surface area contributed by atoms with E-state index in [4.69, 9.17) is 8.22 Å². The van der Waals surface area contributed by atoms with Crippen molar-refractivity contribution < 1.29 is 22.5 Å².